The van der Waals surface area contributed by atoms with Crippen molar-refractivity contribution in [1.82, 2.24) is 20.1 Å². The molecule has 0 radical (unpaired) electrons. The summed E-state index contributed by atoms with van der Waals surface area (Å²) in [5, 5.41) is 3.00. The summed E-state index contributed by atoms with van der Waals surface area (Å²) < 4.78 is 38.5. The van der Waals surface area contributed by atoms with Crippen molar-refractivity contribution in [2.75, 3.05) is 44.2 Å². The van der Waals surface area contributed by atoms with Gasteiger partial charge in [-0.25, -0.2) is 9.78 Å². The highest BCUT2D eigenvalue weighted by Crippen LogP contribution is 2.33. The Kier molecular flexibility index (Phi) is 8.31. The van der Waals surface area contributed by atoms with E-state index in [0.717, 1.165) is 37.9 Å². The molecule has 7 nitrogen and oxygen atoms in total. The van der Waals surface area contributed by atoms with Gasteiger partial charge in [0.25, 0.3) is 0 Å². The average molecular weight is 490 g/mol. The number of piperidine rings is 1. The molecule has 0 bridgehead atoms. The predicted octanol–water partition coefficient (Wildman–Crippen LogP) is 4.01. The van der Waals surface area contributed by atoms with Crippen molar-refractivity contribution >= 4 is 29.4 Å². The Balaban J connectivity index is 1.46. The average Bonchev–Trinajstić information content (AvgIpc) is 2.79. The zero-order valence-corrected chi connectivity index (χ0v) is 19.8. The quantitative estimate of drug-likeness (QED) is 0.678. The van der Waals surface area contributed by atoms with Crippen LogP contribution >= 0.6 is 11.6 Å². The Hall–Kier alpha value is -2.23. The molecule has 184 valence electrons. The molecule has 1 N–H and O–H groups in total. The van der Waals surface area contributed by atoms with Gasteiger partial charge >= 0.3 is 12.2 Å². The standard InChI is InChI=1S/C22H31ClF3N5O2/c1-3-15(4-2)20(32)30-7-5-17(6-8-30)28-21(33)31-11-9-29(10-12-31)19-18(23)13-16(14-27-19)22(24,25)26/h13-15,17H,3-12H2,1-2H3,(H,28,33). The largest absolute Gasteiger partial charge is 0.417 e. The van der Waals surface area contributed by atoms with Crippen LogP contribution in [0.5, 0.6) is 0 Å². The third-order valence-electron chi connectivity index (χ3n) is 6.48. The summed E-state index contributed by atoms with van der Waals surface area (Å²) in [5.74, 6) is 0.566. The van der Waals surface area contributed by atoms with Gasteiger partial charge in [0.1, 0.15) is 5.82 Å². The number of rotatable bonds is 5. The lowest BCUT2D eigenvalue weighted by Gasteiger charge is -2.38. The summed E-state index contributed by atoms with van der Waals surface area (Å²) in [4.78, 5) is 34.5. The first-order valence-corrected chi connectivity index (χ1v) is 11.8. The van der Waals surface area contributed by atoms with Crippen LogP contribution in [0.25, 0.3) is 0 Å². The number of amides is 3. The molecule has 0 spiro atoms. The van der Waals surface area contributed by atoms with Crippen molar-refractivity contribution in [3.8, 4) is 0 Å². The summed E-state index contributed by atoms with van der Waals surface area (Å²) in [6.45, 7) is 7.02. The molecular formula is C22H31ClF3N5O2. The van der Waals surface area contributed by atoms with Crippen LogP contribution in [0.2, 0.25) is 5.02 Å². The molecule has 0 aromatic carbocycles. The lowest BCUT2D eigenvalue weighted by atomic mass is 9.98. The van der Waals surface area contributed by atoms with Gasteiger partial charge in [-0.2, -0.15) is 13.2 Å². The Morgan fingerprint density at radius 3 is 2.21 bits per heavy atom. The normalized spacial score (nSPS) is 18.1. The van der Waals surface area contributed by atoms with Crippen LogP contribution in [-0.4, -0.2) is 72.0 Å². The van der Waals surface area contributed by atoms with E-state index < -0.39 is 11.7 Å². The van der Waals surface area contributed by atoms with E-state index in [1.165, 1.54) is 0 Å². The van der Waals surface area contributed by atoms with Gasteiger partial charge in [0.15, 0.2) is 0 Å². The molecule has 2 aliphatic rings. The van der Waals surface area contributed by atoms with Gasteiger partial charge in [0.2, 0.25) is 5.91 Å². The molecule has 11 heteroatoms. The van der Waals surface area contributed by atoms with Crippen LogP contribution in [0.3, 0.4) is 0 Å². The number of hydrogen-bond donors (Lipinski definition) is 1. The number of anilines is 1. The van der Waals surface area contributed by atoms with E-state index in [9.17, 15) is 22.8 Å². The number of carbonyl (C=O) groups is 2. The van der Waals surface area contributed by atoms with Crippen LogP contribution in [0.15, 0.2) is 12.3 Å². The van der Waals surface area contributed by atoms with Gasteiger partial charge in [-0.3, -0.25) is 4.79 Å². The van der Waals surface area contributed by atoms with Crippen molar-refractivity contribution in [2.24, 2.45) is 5.92 Å². The van der Waals surface area contributed by atoms with Crippen LogP contribution in [-0.2, 0) is 11.0 Å². The van der Waals surface area contributed by atoms with Gasteiger partial charge in [-0.15, -0.1) is 0 Å². The molecule has 1 aromatic heterocycles. The summed E-state index contributed by atoms with van der Waals surface area (Å²) in [7, 11) is 0. The summed E-state index contributed by atoms with van der Waals surface area (Å²) in [5.41, 5.74) is -0.887. The van der Waals surface area contributed by atoms with E-state index in [4.69, 9.17) is 11.6 Å². The van der Waals surface area contributed by atoms with E-state index >= 15 is 0 Å². The second kappa shape index (κ2) is 10.8. The van der Waals surface area contributed by atoms with Gasteiger partial charge in [-0.1, -0.05) is 25.4 Å². The van der Waals surface area contributed by atoms with Gasteiger partial charge in [0, 0.05) is 57.4 Å². The fraction of sp³-hybridized carbons (Fsp3) is 0.682. The zero-order valence-electron chi connectivity index (χ0n) is 19.0. The number of pyridine rings is 1. The molecule has 1 aromatic rings. The molecule has 2 fully saturated rings. The van der Waals surface area contributed by atoms with E-state index in [1.54, 1.807) is 9.80 Å². The third-order valence-corrected chi connectivity index (χ3v) is 6.76. The highest BCUT2D eigenvalue weighted by molar-refractivity contribution is 6.33. The molecule has 0 aliphatic carbocycles. The number of urea groups is 1. The Morgan fingerprint density at radius 1 is 1.09 bits per heavy atom. The SMILES string of the molecule is CCC(CC)C(=O)N1CCC(NC(=O)N2CCN(c3ncc(C(F)(F)F)cc3Cl)CC2)CC1. The highest BCUT2D eigenvalue weighted by atomic mass is 35.5. The molecule has 3 amide bonds. The van der Waals surface area contributed by atoms with Gasteiger partial charge < -0.3 is 20.0 Å². The van der Waals surface area contributed by atoms with Crippen LogP contribution in [0, 0.1) is 5.92 Å². The van der Waals surface area contributed by atoms with E-state index in [2.05, 4.69) is 10.3 Å². The first kappa shape index (κ1) is 25.4. The molecule has 2 saturated heterocycles. The molecule has 0 unspecified atom stereocenters. The van der Waals surface area contributed by atoms with Gasteiger partial charge in [-0.05, 0) is 31.7 Å². The smallest absolute Gasteiger partial charge is 0.352 e. The number of alkyl halides is 3. The van der Waals surface area contributed by atoms with Crippen molar-refractivity contribution < 1.29 is 22.8 Å². The number of nitrogens with one attached hydrogen (secondary N) is 1. The highest BCUT2D eigenvalue weighted by Gasteiger charge is 2.33. The van der Waals surface area contributed by atoms with Crippen molar-refractivity contribution in [1.29, 1.82) is 0 Å². The second-order valence-corrected chi connectivity index (χ2v) is 8.97. The molecule has 2 aliphatic heterocycles. The van der Waals surface area contributed by atoms with Crippen molar-refractivity contribution in [3.05, 3.63) is 22.8 Å². The fourth-order valence-electron chi connectivity index (χ4n) is 4.35. The number of hydrogen-bond acceptors (Lipinski definition) is 4. The van der Waals surface area contributed by atoms with Crippen LogP contribution in [0.1, 0.15) is 45.1 Å². The Bertz CT molecular complexity index is 834. The number of nitrogens with zero attached hydrogens (tertiary/aromatic N) is 4. The summed E-state index contributed by atoms with van der Waals surface area (Å²) >= 11 is 6.04. The fourth-order valence-corrected chi connectivity index (χ4v) is 4.63. The topological polar surface area (TPSA) is 68.8 Å². The zero-order chi connectivity index (χ0) is 24.2. The number of carbonyl (C=O) groups excluding carboxylic acids is 2. The number of piperazine rings is 1. The summed E-state index contributed by atoms with van der Waals surface area (Å²) in [6, 6.07) is 0.738. The second-order valence-electron chi connectivity index (χ2n) is 8.56. The van der Waals surface area contributed by atoms with Crippen LogP contribution < -0.4 is 10.2 Å². The Morgan fingerprint density at radius 2 is 1.70 bits per heavy atom. The maximum atomic E-state index is 12.8. The number of likely N-dealkylation sites (tertiary alicyclic amines) is 1. The van der Waals surface area contributed by atoms with E-state index in [0.29, 0.717) is 45.1 Å². The van der Waals surface area contributed by atoms with E-state index in [-0.39, 0.29) is 28.9 Å². The first-order valence-electron chi connectivity index (χ1n) is 11.5. The minimum Gasteiger partial charge on any atom is -0.352 e. The molecule has 3 rings (SSSR count). The maximum Gasteiger partial charge on any atom is 0.417 e. The minimum atomic E-state index is -4.50. The third kappa shape index (κ3) is 6.22. The maximum absolute atomic E-state index is 12.8. The summed E-state index contributed by atoms with van der Waals surface area (Å²) in [6.07, 6.45) is -0.592. The monoisotopic (exact) mass is 489 g/mol. The van der Waals surface area contributed by atoms with Crippen molar-refractivity contribution in [2.45, 2.75) is 51.7 Å². The lowest BCUT2D eigenvalue weighted by Crippen LogP contribution is -2.55. The molecule has 0 saturated carbocycles. The van der Waals surface area contributed by atoms with E-state index in [1.807, 2.05) is 18.7 Å². The molecular weight excluding hydrogens is 459 g/mol. The number of aromatic nitrogens is 1. The van der Waals surface area contributed by atoms with Gasteiger partial charge in [0.05, 0.1) is 10.6 Å². The predicted molar refractivity (Wildman–Crippen MR) is 120 cm³/mol. The van der Waals surface area contributed by atoms with Crippen molar-refractivity contribution in [3.63, 3.8) is 0 Å². The first-order chi connectivity index (χ1) is 15.6. The molecule has 3 heterocycles. The number of halogens is 4. The minimum absolute atomic E-state index is 0.0207. The Labute approximate surface area is 197 Å². The molecule has 33 heavy (non-hydrogen) atoms. The lowest BCUT2D eigenvalue weighted by molar-refractivity contribution is -0.138. The van der Waals surface area contributed by atoms with Crippen LogP contribution in [0.4, 0.5) is 23.8 Å². The molecule has 0 atom stereocenters.